The summed E-state index contributed by atoms with van der Waals surface area (Å²) in [4.78, 5) is 8.80. The van der Waals surface area contributed by atoms with E-state index in [0.717, 1.165) is 10.0 Å². The van der Waals surface area contributed by atoms with Crippen LogP contribution in [-0.4, -0.2) is 9.97 Å². The number of hydrazine groups is 1. The number of aromatic nitrogens is 2. The van der Waals surface area contributed by atoms with Crippen LogP contribution in [0.5, 0.6) is 11.6 Å². The van der Waals surface area contributed by atoms with E-state index in [9.17, 15) is 0 Å². The minimum Gasteiger partial charge on any atom is -0.437 e. The van der Waals surface area contributed by atoms with E-state index in [-0.39, 0.29) is 5.92 Å². The largest absolute Gasteiger partial charge is 0.437 e. The maximum Gasteiger partial charge on any atom is 0.227 e. The van der Waals surface area contributed by atoms with Crippen molar-refractivity contribution in [3.63, 3.8) is 0 Å². The smallest absolute Gasteiger partial charge is 0.227 e. The van der Waals surface area contributed by atoms with Gasteiger partial charge in [0.25, 0.3) is 0 Å². The lowest BCUT2D eigenvalue weighted by molar-refractivity contribution is 0.453. The molecule has 2 rings (SSSR count). The SMILES string of the molecule is Cc1c(NN)nc(C(C)C)nc1Oc1ccc(Br)cc1Cl. The third-order valence-corrected chi connectivity index (χ3v) is 3.66. The summed E-state index contributed by atoms with van der Waals surface area (Å²) in [5, 5.41) is 0.496. The van der Waals surface area contributed by atoms with Crippen LogP contribution >= 0.6 is 27.5 Å². The van der Waals surface area contributed by atoms with Gasteiger partial charge in [-0.25, -0.2) is 10.8 Å². The summed E-state index contributed by atoms with van der Waals surface area (Å²) in [5.74, 6) is 7.81. The first-order chi connectivity index (χ1) is 9.92. The van der Waals surface area contributed by atoms with E-state index in [4.69, 9.17) is 22.2 Å². The Morgan fingerprint density at radius 1 is 1.33 bits per heavy atom. The first-order valence-electron chi connectivity index (χ1n) is 6.40. The van der Waals surface area contributed by atoms with Gasteiger partial charge in [-0.15, -0.1) is 0 Å². The first kappa shape index (κ1) is 16.0. The predicted molar refractivity (Wildman–Crippen MR) is 87.9 cm³/mol. The summed E-state index contributed by atoms with van der Waals surface area (Å²) in [6.07, 6.45) is 0. The summed E-state index contributed by atoms with van der Waals surface area (Å²) in [6.45, 7) is 5.84. The molecule has 0 aliphatic carbocycles. The molecule has 0 atom stereocenters. The highest BCUT2D eigenvalue weighted by Crippen LogP contribution is 2.34. The van der Waals surface area contributed by atoms with Gasteiger partial charge in [-0.05, 0) is 25.1 Å². The fraction of sp³-hybridized carbons (Fsp3) is 0.286. The summed E-state index contributed by atoms with van der Waals surface area (Å²) in [6, 6.07) is 5.39. The molecule has 0 saturated carbocycles. The fourth-order valence-electron chi connectivity index (χ4n) is 1.67. The molecular weight excluding hydrogens is 356 g/mol. The van der Waals surface area contributed by atoms with Crippen LogP contribution in [-0.2, 0) is 0 Å². The molecule has 0 unspecified atom stereocenters. The van der Waals surface area contributed by atoms with Gasteiger partial charge in [0.15, 0.2) is 5.82 Å². The average molecular weight is 372 g/mol. The van der Waals surface area contributed by atoms with Crippen LogP contribution in [0, 0.1) is 6.92 Å². The van der Waals surface area contributed by atoms with Crippen molar-refractivity contribution in [1.82, 2.24) is 9.97 Å². The van der Waals surface area contributed by atoms with Gasteiger partial charge in [-0.1, -0.05) is 41.4 Å². The number of halogens is 2. The van der Waals surface area contributed by atoms with Crippen LogP contribution in [0.25, 0.3) is 0 Å². The van der Waals surface area contributed by atoms with E-state index >= 15 is 0 Å². The maximum atomic E-state index is 6.17. The highest BCUT2D eigenvalue weighted by molar-refractivity contribution is 9.10. The quantitative estimate of drug-likeness (QED) is 0.615. The van der Waals surface area contributed by atoms with Crippen LogP contribution in [0.1, 0.15) is 31.2 Å². The van der Waals surface area contributed by atoms with Crippen molar-refractivity contribution in [2.24, 2.45) is 5.84 Å². The first-order valence-corrected chi connectivity index (χ1v) is 7.57. The Labute approximate surface area is 137 Å². The summed E-state index contributed by atoms with van der Waals surface area (Å²) < 4.78 is 6.71. The minimum atomic E-state index is 0.153. The molecule has 0 aliphatic rings. The number of nitrogen functional groups attached to an aromatic ring is 1. The number of rotatable bonds is 4. The zero-order chi connectivity index (χ0) is 15.6. The molecule has 2 aromatic rings. The monoisotopic (exact) mass is 370 g/mol. The van der Waals surface area contributed by atoms with Gasteiger partial charge in [0, 0.05) is 10.4 Å². The van der Waals surface area contributed by atoms with Gasteiger partial charge in [0.2, 0.25) is 5.88 Å². The van der Waals surface area contributed by atoms with Gasteiger partial charge in [-0.3, -0.25) is 0 Å². The number of nitrogens with one attached hydrogen (secondary N) is 1. The van der Waals surface area contributed by atoms with E-state index in [0.29, 0.717) is 28.3 Å². The molecule has 0 aliphatic heterocycles. The molecule has 0 saturated heterocycles. The van der Waals surface area contributed by atoms with E-state index in [2.05, 4.69) is 31.3 Å². The van der Waals surface area contributed by atoms with E-state index < -0.39 is 0 Å². The van der Waals surface area contributed by atoms with Crippen LogP contribution in [0.15, 0.2) is 22.7 Å². The average Bonchev–Trinajstić information content (AvgIpc) is 2.43. The molecule has 1 heterocycles. The second-order valence-electron chi connectivity index (χ2n) is 4.84. The molecule has 5 nitrogen and oxygen atoms in total. The Morgan fingerprint density at radius 3 is 2.62 bits per heavy atom. The van der Waals surface area contributed by atoms with Gasteiger partial charge < -0.3 is 10.2 Å². The van der Waals surface area contributed by atoms with Crippen molar-refractivity contribution in [3.8, 4) is 11.6 Å². The predicted octanol–water partition coefficient (Wildman–Crippen LogP) is 4.40. The Hall–Kier alpha value is -1.37. The van der Waals surface area contributed by atoms with Crippen molar-refractivity contribution in [3.05, 3.63) is 39.1 Å². The number of hydrogen-bond acceptors (Lipinski definition) is 5. The van der Waals surface area contributed by atoms with Crippen molar-refractivity contribution >= 4 is 33.3 Å². The van der Waals surface area contributed by atoms with Crippen molar-refractivity contribution in [2.75, 3.05) is 5.43 Å². The summed E-state index contributed by atoms with van der Waals surface area (Å²) in [7, 11) is 0. The molecule has 0 spiro atoms. The third-order valence-electron chi connectivity index (χ3n) is 2.87. The molecule has 0 radical (unpaired) electrons. The molecule has 21 heavy (non-hydrogen) atoms. The normalized spacial score (nSPS) is 10.8. The number of ether oxygens (including phenoxy) is 1. The van der Waals surface area contributed by atoms with E-state index in [1.807, 2.05) is 26.8 Å². The Morgan fingerprint density at radius 2 is 2.05 bits per heavy atom. The zero-order valence-corrected chi connectivity index (χ0v) is 14.3. The van der Waals surface area contributed by atoms with Crippen molar-refractivity contribution in [1.29, 1.82) is 0 Å². The number of hydrogen-bond donors (Lipinski definition) is 2. The summed E-state index contributed by atoms with van der Waals surface area (Å²) in [5.41, 5.74) is 3.29. The van der Waals surface area contributed by atoms with Crippen LogP contribution in [0.3, 0.4) is 0 Å². The lowest BCUT2D eigenvalue weighted by atomic mass is 10.2. The minimum absolute atomic E-state index is 0.153. The van der Waals surface area contributed by atoms with Crippen LogP contribution in [0.2, 0.25) is 5.02 Å². The molecule has 7 heteroatoms. The van der Waals surface area contributed by atoms with Gasteiger partial charge in [-0.2, -0.15) is 4.98 Å². The molecule has 3 N–H and O–H groups in total. The molecular formula is C14H16BrClN4O. The van der Waals surface area contributed by atoms with Gasteiger partial charge in [0.05, 0.1) is 10.6 Å². The number of nitrogens with two attached hydrogens (primary N) is 1. The Balaban J connectivity index is 2.45. The number of benzene rings is 1. The van der Waals surface area contributed by atoms with Gasteiger partial charge in [0.1, 0.15) is 11.6 Å². The molecule has 0 bridgehead atoms. The zero-order valence-electron chi connectivity index (χ0n) is 11.9. The molecule has 112 valence electrons. The molecule has 0 amide bonds. The second-order valence-corrected chi connectivity index (χ2v) is 6.16. The number of nitrogens with zero attached hydrogens (tertiary/aromatic N) is 2. The highest BCUT2D eigenvalue weighted by atomic mass is 79.9. The molecule has 1 aromatic carbocycles. The van der Waals surface area contributed by atoms with E-state index in [1.54, 1.807) is 12.1 Å². The number of anilines is 1. The Bertz CT molecular complexity index is 664. The second kappa shape index (κ2) is 6.60. The van der Waals surface area contributed by atoms with Crippen molar-refractivity contribution in [2.45, 2.75) is 26.7 Å². The van der Waals surface area contributed by atoms with Crippen LogP contribution in [0.4, 0.5) is 5.82 Å². The third kappa shape index (κ3) is 3.64. The molecule has 1 aromatic heterocycles. The fourth-order valence-corrected chi connectivity index (χ4v) is 2.38. The lowest BCUT2D eigenvalue weighted by Gasteiger charge is -2.14. The lowest BCUT2D eigenvalue weighted by Crippen LogP contribution is -2.13. The Kier molecular flexibility index (Phi) is 5.03. The van der Waals surface area contributed by atoms with Gasteiger partial charge >= 0.3 is 0 Å². The van der Waals surface area contributed by atoms with E-state index in [1.165, 1.54) is 0 Å². The topological polar surface area (TPSA) is 73.1 Å². The molecule has 0 fully saturated rings. The van der Waals surface area contributed by atoms with Crippen LogP contribution < -0.4 is 16.0 Å². The maximum absolute atomic E-state index is 6.17. The standard InChI is InChI=1S/C14H16BrClN4O/c1-7(2)12-18-13(20-17)8(3)14(19-12)21-11-5-4-9(15)6-10(11)16/h4-7H,17H2,1-3H3,(H,18,19,20). The summed E-state index contributed by atoms with van der Waals surface area (Å²) >= 11 is 9.53. The van der Waals surface area contributed by atoms with Crippen molar-refractivity contribution < 1.29 is 4.74 Å². The highest BCUT2D eigenvalue weighted by Gasteiger charge is 2.15.